The van der Waals surface area contributed by atoms with Crippen LogP contribution in [0.1, 0.15) is 6.42 Å². The highest BCUT2D eigenvalue weighted by Crippen LogP contribution is 2.14. The van der Waals surface area contributed by atoms with Crippen LogP contribution in [0.25, 0.3) is 0 Å². The third kappa shape index (κ3) is 2.86. The molecule has 4 nitrogen and oxygen atoms in total. The summed E-state index contributed by atoms with van der Waals surface area (Å²) in [6, 6.07) is 0.957. The van der Waals surface area contributed by atoms with Gasteiger partial charge in [-0.1, -0.05) is 0 Å². The molecule has 0 aromatic carbocycles. The van der Waals surface area contributed by atoms with Gasteiger partial charge in [-0.2, -0.15) is 4.39 Å². The fourth-order valence-electron chi connectivity index (χ4n) is 1.33. The average molecular weight is 231 g/mol. The molecule has 0 radical (unpaired) electrons. The first-order chi connectivity index (χ1) is 7.75. The standard InChI is InChI=1S/C10H11F2NO3/c11-8-5-7(6-13-10(8)12)14-2-1-9-15-3-4-16-9/h5-6,9H,1-4H2. The summed E-state index contributed by atoms with van der Waals surface area (Å²) >= 11 is 0. The SMILES string of the molecule is Fc1cc(OCCC2OCCO2)cnc1F. The van der Waals surface area contributed by atoms with E-state index in [1.54, 1.807) is 0 Å². The van der Waals surface area contributed by atoms with Gasteiger partial charge in [0.05, 0.1) is 26.0 Å². The maximum atomic E-state index is 12.7. The van der Waals surface area contributed by atoms with Gasteiger partial charge in [-0.15, -0.1) is 0 Å². The van der Waals surface area contributed by atoms with Crippen LogP contribution in [0.2, 0.25) is 0 Å². The van der Waals surface area contributed by atoms with Crippen LogP contribution >= 0.6 is 0 Å². The number of rotatable bonds is 4. The quantitative estimate of drug-likeness (QED) is 0.736. The fraction of sp³-hybridized carbons (Fsp3) is 0.500. The lowest BCUT2D eigenvalue weighted by Crippen LogP contribution is -2.12. The normalized spacial score (nSPS) is 16.6. The van der Waals surface area contributed by atoms with Gasteiger partial charge in [-0.05, 0) is 0 Å². The van der Waals surface area contributed by atoms with Crippen molar-refractivity contribution in [3.63, 3.8) is 0 Å². The van der Waals surface area contributed by atoms with Gasteiger partial charge in [-0.25, -0.2) is 9.37 Å². The summed E-state index contributed by atoms with van der Waals surface area (Å²) in [5, 5.41) is 0. The molecule has 16 heavy (non-hydrogen) atoms. The molecule has 0 saturated carbocycles. The zero-order valence-electron chi connectivity index (χ0n) is 8.49. The van der Waals surface area contributed by atoms with Gasteiger partial charge < -0.3 is 14.2 Å². The summed E-state index contributed by atoms with van der Waals surface area (Å²) in [6.07, 6.45) is 1.41. The van der Waals surface area contributed by atoms with Crippen molar-refractivity contribution in [3.05, 3.63) is 24.0 Å². The Morgan fingerprint density at radius 2 is 2.12 bits per heavy atom. The molecule has 0 atom stereocenters. The maximum Gasteiger partial charge on any atom is 0.249 e. The minimum atomic E-state index is -1.13. The van der Waals surface area contributed by atoms with Crippen LogP contribution in [0.4, 0.5) is 8.78 Å². The number of hydrogen-bond acceptors (Lipinski definition) is 4. The largest absolute Gasteiger partial charge is 0.492 e. The molecule has 0 N–H and O–H groups in total. The van der Waals surface area contributed by atoms with E-state index in [1.807, 2.05) is 0 Å². The van der Waals surface area contributed by atoms with Gasteiger partial charge in [0, 0.05) is 12.5 Å². The zero-order valence-corrected chi connectivity index (χ0v) is 8.49. The first-order valence-electron chi connectivity index (χ1n) is 4.93. The summed E-state index contributed by atoms with van der Waals surface area (Å²) in [5.41, 5.74) is 0. The minimum Gasteiger partial charge on any atom is -0.492 e. The summed E-state index contributed by atoms with van der Waals surface area (Å²) in [7, 11) is 0. The molecule has 1 saturated heterocycles. The van der Waals surface area contributed by atoms with Crippen molar-refractivity contribution >= 4 is 0 Å². The number of hydrogen-bond donors (Lipinski definition) is 0. The van der Waals surface area contributed by atoms with E-state index < -0.39 is 11.8 Å². The second-order valence-corrected chi connectivity index (χ2v) is 3.25. The van der Waals surface area contributed by atoms with Crippen molar-refractivity contribution in [2.45, 2.75) is 12.7 Å². The summed E-state index contributed by atoms with van der Waals surface area (Å²) < 4.78 is 40.8. The lowest BCUT2D eigenvalue weighted by atomic mass is 10.4. The van der Waals surface area contributed by atoms with Crippen molar-refractivity contribution in [3.8, 4) is 5.75 Å². The highest BCUT2D eigenvalue weighted by atomic mass is 19.2. The van der Waals surface area contributed by atoms with Crippen LogP contribution in [-0.2, 0) is 9.47 Å². The number of halogens is 2. The maximum absolute atomic E-state index is 12.7. The van der Waals surface area contributed by atoms with Crippen LogP contribution in [0.5, 0.6) is 5.75 Å². The van der Waals surface area contributed by atoms with Gasteiger partial charge in [0.1, 0.15) is 5.75 Å². The number of pyridine rings is 1. The Morgan fingerprint density at radius 3 is 2.81 bits per heavy atom. The van der Waals surface area contributed by atoms with E-state index >= 15 is 0 Å². The summed E-state index contributed by atoms with van der Waals surface area (Å²) in [6.45, 7) is 1.46. The molecule has 1 aliphatic rings. The van der Waals surface area contributed by atoms with Crippen LogP contribution < -0.4 is 4.74 Å². The Morgan fingerprint density at radius 1 is 1.38 bits per heavy atom. The molecule has 0 aliphatic carbocycles. The Kier molecular flexibility index (Phi) is 3.63. The van der Waals surface area contributed by atoms with Crippen molar-refractivity contribution in [2.75, 3.05) is 19.8 Å². The van der Waals surface area contributed by atoms with Crippen molar-refractivity contribution in [1.29, 1.82) is 0 Å². The molecule has 6 heteroatoms. The number of aromatic nitrogens is 1. The van der Waals surface area contributed by atoms with Crippen molar-refractivity contribution in [1.82, 2.24) is 4.98 Å². The molecule has 0 spiro atoms. The van der Waals surface area contributed by atoms with Gasteiger partial charge in [0.2, 0.25) is 5.95 Å². The number of nitrogens with zero attached hydrogens (tertiary/aromatic N) is 1. The average Bonchev–Trinajstić information content (AvgIpc) is 2.76. The molecule has 1 fully saturated rings. The van der Waals surface area contributed by atoms with Crippen LogP contribution in [0.3, 0.4) is 0 Å². The zero-order chi connectivity index (χ0) is 11.4. The molecule has 0 bridgehead atoms. The molecule has 0 amide bonds. The summed E-state index contributed by atoms with van der Waals surface area (Å²) in [4.78, 5) is 3.20. The third-order valence-electron chi connectivity index (χ3n) is 2.08. The molecule has 2 heterocycles. The first-order valence-corrected chi connectivity index (χ1v) is 4.93. The molecule has 0 unspecified atom stereocenters. The molecule has 1 aliphatic heterocycles. The van der Waals surface area contributed by atoms with Gasteiger partial charge >= 0.3 is 0 Å². The van der Waals surface area contributed by atoms with Crippen LogP contribution in [0.15, 0.2) is 12.3 Å². The Labute approximate surface area is 91.1 Å². The Balaban J connectivity index is 1.78. The lowest BCUT2D eigenvalue weighted by molar-refractivity contribution is -0.0531. The minimum absolute atomic E-state index is 0.192. The summed E-state index contributed by atoms with van der Waals surface area (Å²) in [5.74, 6) is -1.96. The second kappa shape index (κ2) is 5.18. The molecule has 2 rings (SSSR count). The van der Waals surface area contributed by atoms with Gasteiger partial charge in [0.15, 0.2) is 12.1 Å². The van der Waals surface area contributed by atoms with Crippen molar-refractivity contribution in [2.24, 2.45) is 0 Å². The molecule has 1 aromatic rings. The Bertz CT molecular complexity index is 356. The predicted molar refractivity (Wildman–Crippen MR) is 50.0 cm³/mol. The predicted octanol–water partition coefficient (Wildman–Crippen LogP) is 1.50. The number of ether oxygens (including phenoxy) is 3. The highest BCUT2D eigenvalue weighted by molar-refractivity contribution is 5.17. The van der Waals surface area contributed by atoms with E-state index in [0.29, 0.717) is 26.2 Å². The topological polar surface area (TPSA) is 40.6 Å². The van der Waals surface area contributed by atoms with E-state index in [9.17, 15) is 8.78 Å². The second-order valence-electron chi connectivity index (χ2n) is 3.25. The van der Waals surface area contributed by atoms with Gasteiger partial charge in [0.25, 0.3) is 0 Å². The third-order valence-corrected chi connectivity index (χ3v) is 2.08. The fourth-order valence-corrected chi connectivity index (χ4v) is 1.33. The molecular formula is C10H11F2NO3. The smallest absolute Gasteiger partial charge is 0.249 e. The lowest BCUT2D eigenvalue weighted by Gasteiger charge is -2.09. The Hall–Kier alpha value is -1.27. The van der Waals surface area contributed by atoms with E-state index in [-0.39, 0.29) is 12.0 Å². The van der Waals surface area contributed by atoms with Crippen molar-refractivity contribution < 1.29 is 23.0 Å². The van der Waals surface area contributed by atoms with E-state index in [1.165, 1.54) is 0 Å². The molecule has 88 valence electrons. The van der Waals surface area contributed by atoms with Crippen LogP contribution in [-0.4, -0.2) is 31.1 Å². The van der Waals surface area contributed by atoms with E-state index in [4.69, 9.17) is 14.2 Å². The first kappa shape index (κ1) is 11.2. The van der Waals surface area contributed by atoms with Crippen LogP contribution in [0, 0.1) is 11.8 Å². The molecule has 1 aromatic heterocycles. The highest BCUT2D eigenvalue weighted by Gasteiger charge is 2.15. The van der Waals surface area contributed by atoms with E-state index in [2.05, 4.69) is 4.98 Å². The van der Waals surface area contributed by atoms with Gasteiger partial charge in [-0.3, -0.25) is 0 Å². The molecular weight excluding hydrogens is 220 g/mol. The monoisotopic (exact) mass is 231 g/mol. The van der Waals surface area contributed by atoms with E-state index in [0.717, 1.165) is 12.3 Å².